The first kappa shape index (κ1) is 13.6. The summed E-state index contributed by atoms with van der Waals surface area (Å²) >= 11 is 1.83. The van der Waals surface area contributed by atoms with Crippen LogP contribution in [0.15, 0.2) is 30.3 Å². The van der Waals surface area contributed by atoms with Gasteiger partial charge in [0.25, 0.3) is 0 Å². The smallest absolute Gasteiger partial charge is 0.186 e. The van der Waals surface area contributed by atoms with Gasteiger partial charge in [-0.2, -0.15) is 0 Å². The normalized spacial score (nSPS) is 18.7. The monoisotopic (exact) mass is 287 g/mol. The number of hydrogen-bond donors (Lipinski definition) is 1. The summed E-state index contributed by atoms with van der Waals surface area (Å²) in [5, 5.41) is 4.44. The summed E-state index contributed by atoms with van der Waals surface area (Å²) in [7, 11) is 1.99. The van der Waals surface area contributed by atoms with Crippen molar-refractivity contribution in [2.24, 2.45) is 5.92 Å². The molecule has 4 heteroatoms. The van der Waals surface area contributed by atoms with Crippen LogP contribution in [0.2, 0.25) is 0 Å². The first-order valence-corrected chi connectivity index (χ1v) is 8.04. The number of nitrogens with zero attached hydrogens (tertiary/aromatic N) is 2. The van der Waals surface area contributed by atoms with Crippen molar-refractivity contribution in [3.8, 4) is 11.3 Å². The molecule has 1 aromatic heterocycles. The van der Waals surface area contributed by atoms with Gasteiger partial charge in [-0.15, -0.1) is 0 Å². The van der Waals surface area contributed by atoms with Crippen molar-refractivity contribution in [3.63, 3.8) is 0 Å². The molecule has 1 aliphatic rings. The lowest BCUT2D eigenvalue weighted by Gasteiger charge is -2.13. The van der Waals surface area contributed by atoms with Crippen LogP contribution in [0.25, 0.3) is 11.3 Å². The second kappa shape index (κ2) is 5.94. The molecule has 1 aliphatic heterocycles. The van der Waals surface area contributed by atoms with Crippen LogP contribution in [0.4, 0.5) is 5.13 Å². The van der Waals surface area contributed by atoms with Gasteiger partial charge in [0.2, 0.25) is 0 Å². The zero-order valence-corrected chi connectivity index (χ0v) is 12.9. The van der Waals surface area contributed by atoms with Crippen molar-refractivity contribution >= 4 is 16.5 Å². The van der Waals surface area contributed by atoms with Crippen LogP contribution in [-0.2, 0) is 6.54 Å². The first-order valence-electron chi connectivity index (χ1n) is 7.22. The van der Waals surface area contributed by atoms with E-state index in [1.807, 2.05) is 18.4 Å². The Labute approximate surface area is 124 Å². The highest BCUT2D eigenvalue weighted by molar-refractivity contribution is 7.16. The molecule has 0 bridgehead atoms. The third-order valence-corrected chi connectivity index (χ3v) is 4.88. The van der Waals surface area contributed by atoms with Crippen LogP contribution in [-0.4, -0.2) is 25.1 Å². The van der Waals surface area contributed by atoms with Gasteiger partial charge in [0.05, 0.1) is 5.69 Å². The topological polar surface area (TPSA) is 28.2 Å². The van der Waals surface area contributed by atoms with E-state index in [2.05, 4.69) is 47.5 Å². The van der Waals surface area contributed by atoms with Crippen molar-refractivity contribution in [1.82, 2.24) is 10.3 Å². The van der Waals surface area contributed by atoms with E-state index in [0.717, 1.165) is 31.2 Å². The summed E-state index contributed by atoms with van der Waals surface area (Å²) in [6, 6.07) is 10.5. The summed E-state index contributed by atoms with van der Waals surface area (Å²) in [6.07, 6.45) is 1.28. The lowest BCUT2D eigenvalue weighted by molar-refractivity contribution is 0.659. The molecule has 0 amide bonds. The van der Waals surface area contributed by atoms with Gasteiger partial charge in [0.15, 0.2) is 5.13 Å². The predicted molar refractivity (Wildman–Crippen MR) is 86.3 cm³/mol. The molecule has 2 aromatic rings. The number of nitrogens with one attached hydrogen (secondary N) is 1. The molecule has 0 aliphatic carbocycles. The Morgan fingerprint density at radius 3 is 2.80 bits per heavy atom. The largest absolute Gasteiger partial charge is 0.348 e. The standard InChI is InChI=1S/C16H21N3S/c1-12-8-9-19(11-12)16-18-15(14(20-16)10-17-2)13-6-4-3-5-7-13/h3-7,12,17H,8-11H2,1-2H3. The zero-order chi connectivity index (χ0) is 13.9. The Balaban J connectivity index is 1.94. The molecule has 1 atom stereocenters. The van der Waals surface area contributed by atoms with Crippen molar-refractivity contribution in [1.29, 1.82) is 0 Å². The van der Waals surface area contributed by atoms with E-state index in [4.69, 9.17) is 4.98 Å². The van der Waals surface area contributed by atoms with Gasteiger partial charge < -0.3 is 10.2 Å². The quantitative estimate of drug-likeness (QED) is 0.934. The summed E-state index contributed by atoms with van der Waals surface area (Å²) in [4.78, 5) is 8.68. The molecular formula is C16H21N3S. The molecule has 2 heterocycles. The zero-order valence-electron chi connectivity index (χ0n) is 12.1. The van der Waals surface area contributed by atoms with Gasteiger partial charge in [0, 0.05) is 30.1 Å². The minimum absolute atomic E-state index is 0.784. The van der Waals surface area contributed by atoms with Crippen LogP contribution < -0.4 is 10.2 Å². The summed E-state index contributed by atoms with van der Waals surface area (Å²) < 4.78 is 0. The molecular weight excluding hydrogens is 266 g/mol. The predicted octanol–water partition coefficient (Wildman–Crippen LogP) is 3.38. The van der Waals surface area contributed by atoms with Crippen molar-refractivity contribution in [2.45, 2.75) is 19.9 Å². The fourth-order valence-corrected chi connectivity index (χ4v) is 3.81. The molecule has 20 heavy (non-hydrogen) atoms. The second-order valence-corrected chi connectivity index (χ2v) is 6.57. The molecule has 3 nitrogen and oxygen atoms in total. The maximum Gasteiger partial charge on any atom is 0.186 e. The second-order valence-electron chi connectivity index (χ2n) is 5.50. The van der Waals surface area contributed by atoms with Crippen LogP contribution in [0.5, 0.6) is 0 Å². The minimum atomic E-state index is 0.784. The number of aromatic nitrogens is 1. The fraction of sp³-hybridized carbons (Fsp3) is 0.438. The lowest BCUT2D eigenvalue weighted by atomic mass is 10.1. The molecule has 1 N–H and O–H groups in total. The Bertz CT molecular complexity index is 564. The van der Waals surface area contributed by atoms with Crippen molar-refractivity contribution < 1.29 is 0 Å². The van der Waals surface area contributed by atoms with E-state index < -0.39 is 0 Å². The average Bonchev–Trinajstić information content (AvgIpc) is 3.07. The Morgan fingerprint density at radius 2 is 2.15 bits per heavy atom. The number of thiazole rings is 1. The van der Waals surface area contributed by atoms with Gasteiger partial charge >= 0.3 is 0 Å². The van der Waals surface area contributed by atoms with E-state index >= 15 is 0 Å². The first-order chi connectivity index (χ1) is 9.78. The van der Waals surface area contributed by atoms with Crippen molar-refractivity contribution in [2.75, 3.05) is 25.0 Å². The maximum atomic E-state index is 4.92. The Kier molecular flexibility index (Phi) is 4.03. The van der Waals surface area contributed by atoms with E-state index in [1.165, 1.54) is 22.0 Å². The molecule has 0 saturated carbocycles. The average molecular weight is 287 g/mol. The molecule has 1 unspecified atom stereocenters. The Hall–Kier alpha value is -1.39. The maximum absolute atomic E-state index is 4.92. The van der Waals surface area contributed by atoms with E-state index in [9.17, 15) is 0 Å². The van der Waals surface area contributed by atoms with Gasteiger partial charge in [-0.3, -0.25) is 0 Å². The van der Waals surface area contributed by atoms with Gasteiger partial charge in [-0.1, -0.05) is 48.6 Å². The van der Waals surface area contributed by atoms with Crippen LogP contribution in [0, 0.1) is 5.92 Å². The molecule has 0 spiro atoms. The molecule has 1 saturated heterocycles. The van der Waals surface area contributed by atoms with Crippen molar-refractivity contribution in [3.05, 3.63) is 35.2 Å². The van der Waals surface area contributed by atoms with Gasteiger partial charge in [-0.05, 0) is 19.4 Å². The summed E-state index contributed by atoms with van der Waals surface area (Å²) in [5.74, 6) is 0.784. The third-order valence-electron chi connectivity index (χ3n) is 3.77. The molecule has 106 valence electrons. The van der Waals surface area contributed by atoms with Gasteiger partial charge in [-0.25, -0.2) is 4.98 Å². The molecule has 1 aromatic carbocycles. The highest BCUT2D eigenvalue weighted by Gasteiger charge is 2.23. The summed E-state index contributed by atoms with van der Waals surface area (Å²) in [5.41, 5.74) is 2.35. The number of hydrogen-bond acceptors (Lipinski definition) is 4. The number of anilines is 1. The lowest BCUT2D eigenvalue weighted by Crippen LogP contribution is -2.18. The molecule has 0 radical (unpaired) electrons. The fourth-order valence-electron chi connectivity index (χ4n) is 2.69. The van der Waals surface area contributed by atoms with E-state index in [-0.39, 0.29) is 0 Å². The third kappa shape index (κ3) is 2.72. The highest BCUT2D eigenvalue weighted by Crippen LogP contribution is 2.35. The minimum Gasteiger partial charge on any atom is -0.348 e. The highest BCUT2D eigenvalue weighted by atomic mass is 32.1. The number of rotatable bonds is 4. The van der Waals surface area contributed by atoms with E-state index in [0.29, 0.717) is 0 Å². The van der Waals surface area contributed by atoms with Crippen LogP contribution in [0.3, 0.4) is 0 Å². The number of benzene rings is 1. The molecule has 3 rings (SSSR count). The van der Waals surface area contributed by atoms with Gasteiger partial charge in [0.1, 0.15) is 0 Å². The van der Waals surface area contributed by atoms with E-state index in [1.54, 1.807) is 0 Å². The van der Waals surface area contributed by atoms with Crippen LogP contribution in [0.1, 0.15) is 18.2 Å². The molecule has 1 fully saturated rings. The summed E-state index contributed by atoms with van der Waals surface area (Å²) in [6.45, 7) is 5.48. The van der Waals surface area contributed by atoms with Crippen LogP contribution >= 0.6 is 11.3 Å². The SMILES string of the molecule is CNCc1sc(N2CCC(C)C2)nc1-c1ccccc1. The Morgan fingerprint density at radius 1 is 1.35 bits per heavy atom.